The summed E-state index contributed by atoms with van der Waals surface area (Å²) >= 11 is 0. The summed E-state index contributed by atoms with van der Waals surface area (Å²) in [6, 6.07) is 13.3. The Hall–Kier alpha value is -2.93. The van der Waals surface area contributed by atoms with Crippen LogP contribution in [0.2, 0.25) is 0 Å². The quantitative estimate of drug-likeness (QED) is 0.589. The van der Waals surface area contributed by atoms with Crippen molar-refractivity contribution < 1.29 is 9.59 Å². The summed E-state index contributed by atoms with van der Waals surface area (Å²) in [7, 11) is 0. The van der Waals surface area contributed by atoms with Gasteiger partial charge in [-0.25, -0.2) is 4.79 Å². The molecule has 1 aliphatic rings. The van der Waals surface area contributed by atoms with Crippen molar-refractivity contribution >= 4 is 11.9 Å². The smallest absolute Gasteiger partial charge is 0.315 e. The molecule has 3 rings (SSSR count). The zero-order valence-corrected chi connectivity index (χ0v) is 15.9. The molecule has 7 heteroatoms. The highest BCUT2D eigenvalue weighted by atomic mass is 16.2. The number of carbonyl (C=O) groups is 2. The molecule has 1 fully saturated rings. The number of hydrogen-bond donors (Lipinski definition) is 4. The Bertz CT molecular complexity index is 771. The van der Waals surface area contributed by atoms with Crippen molar-refractivity contribution in [2.45, 2.75) is 50.9 Å². The third-order valence-corrected chi connectivity index (χ3v) is 5.05. The molecule has 1 heterocycles. The van der Waals surface area contributed by atoms with Gasteiger partial charge in [-0.3, -0.25) is 9.78 Å². The summed E-state index contributed by atoms with van der Waals surface area (Å²) in [5.41, 5.74) is 7.65. The lowest BCUT2D eigenvalue weighted by molar-refractivity contribution is 0.1000. The van der Waals surface area contributed by atoms with Gasteiger partial charge >= 0.3 is 6.03 Å². The average Bonchev–Trinajstić information content (AvgIpc) is 2.73. The van der Waals surface area contributed by atoms with Crippen molar-refractivity contribution in [3.05, 3.63) is 65.5 Å². The van der Waals surface area contributed by atoms with E-state index in [-0.39, 0.29) is 12.1 Å². The van der Waals surface area contributed by atoms with Crippen LogP contribution in [0.25, 0.3) is 0 Å². The number of pyridine rings is 1. The molecule has 5 N–H and O–H groups in total. The van der Waals surface area contributed by atoms with Crippen LogP contribution in [-0.2, 0) is 13.1 Å². The van der Waals surface area contributed by atoms with E-state index in [1.165, 1.54) is 0 Å². The van der Waals surface area contributed by atoms with Gasteiger partial charge in [0.15, 0.2) is 0 Å². The molecule has 0 radical (unpaired) electrons. The average molecular weight is 381 g/mol. The number of aromatic nitrogens is 1. The van der Waals surface area contributed by atoms with Gasteiger partial charge in [0.1, 0.15) is 0 Å². The van der Waals surface area contributed by atoms with Gasteiger partial charge in [0.2, 0.25) is 5.91 Å². The monoisotopic (exact) mass is 381 g/mol. The molecular formula is C21H27N5O2. The first-order valence-electron chi connectivity index (χ1n) is 9.66. The predicted molar refractivity (Wildman–Crippen MR) is 107 cm³/mol. The molecule has 1 aliphatic carbocycles. The van der Waals surface area contributed by atoms with Crippen LogP contribution in [0.4, 0.5) is 4.79 Å². The van der Waals surface area contributed by atoms with Crippen LogP contribution in [0.5, 0.6) is 0 Å². The molecular weight excluding hydrogens is 354 g/mol. The van der Waals surface area contributed by atoms with Crippen LogP contribution >= 0.6 is 0 Å². The van der Waals surface area contributed by atoms with E-state index in [1.54, 1.807) is 24.3 Å². The number of primary amides is 1. The summed E-state index contributed by atoms with van der Waals surface area (Å²) in [5, 5.41) is 9.46. The predicted octanol–water partition coefficient (Wildman–Crippen LogP) is 2.08. The van der Waals surface area contributed by atoms with Gasteiger partial charge in [-0.1, -0.05) is 18.2 Å². The normalized spacial score (nSPS) is 19.0. The highest BCUT2D eigenvalue weighted by Gasteiger charge is 2.22. The minimum atomic E-state index is -0.456. The van der Waals surface area contributed by atoms with Crippen LogP contribution in [0.1, 0.15) is 47.3 Å². The number of hydrogen-bond acceptors (Lipinski definition) is 4. The zero-order chi connectivity index (χ0) is 19.8. The molecule has 3 amide bonds. The van der Waals surface area contributed by atoms with Gasteiger partial charge in [0.05, 0.1) is 5.69 Å². The van der Waals surface area contributed by atoms with Crippen LogP contribution in [-0.4, -0.2) is 29.0 Å². The van der Waals surface area contributed by atoms with Crippen molar-refractivity contribution in [3.63, 3.8) is 0 Å². The van der Waals surface area contributed by atoms with Crippen molar-refractivity contribution in [3.8, 4) is 0 Å². The molecule has 7 nitrogen and oxygen atoms in total. The number of rotatable bonds is 7. The van der Waals surface area contributed by atoms with Crippen molar-refractivity contribution in [1.82, 2.24) is 20.9 Å². The maximum absolute atomic E-state index is 12.1. The Balaban J connectivity index is 1.33. The second kappa shape index (κ2) is 9.85. The number of carbonyl (C=O) groups excluding carboxylic acids is 2. The first-order chi connectivity index (χ1) is 13.6. The molecule has 0 spiro atoms. The molecule has 0 atom stereocenters. The first-order valence-corrected chi connectivity index (χ1v) is 9.66. The van der Waals surface area contributed by atoms with Crippen LogP contribution in [0.3, 0.4) is 0 Å². The SMILES string of the molecule is NC(=O)c1ccc(CNC(=O)NC2CCC(NCc3ccccn3)CC2)cc1. The lowest BCUT2D eigenvalue weighted by atomic mass is 9.91. The van der Waals surface area contributed by atoms with E-state index in [4.69, 9.17) is 5.73 Å². The first kappa shape index (κ1) is 19.8. The Labute approximate surface area is 165 Å². The number of nitrogens with zero attached hydrogens (tertiary/aromatic N) is 1. The molecule has 1 aromatic heterocycles. The molecule has 148 valence electrons. The number of benzene rings is 1. The Morgan fingerprint density at radius 2 is 1.68 bits per heavy atom. The molecule has 0 unspecified atom stereocenters. The van der Waals surface area contributed by atoms with Gasteiger partial charge < -0.3 is 21.7 Å². The van der Waals surface area contributed by atoms with Crippen molar-refractivity contribution in [2.75, 3.05) is 0 Å². The van der Waals surface area contributed by atoms with Gasteiger partial charge in [-0.2, -0.15) is 0 Å². The molecule has 0 saturated heterocycles. The molecule has 0 aliphatic heterocycles. The van der Waals surface area contributed by atoms with Gasteiger partial charge in [0.25, 0.3) is 0 Å². The van der Waals surface area contributed by atoms with E-state index in [0.29, 0.717) is 18.2 Å². The Kier molecular flexibility index (Phi) is 6.97. The van der Waals surface area contributed by atoms with Gasteiger partial charge in [-0.15, -0.1) is 0 Å². The van der Waals surface area contributed by atoms with E-state index >= 15 is 0 Å². The zero-order valence-electron chi connectivity index (χ0n) is 15.9. The Morgan fingerprint density at radius 1 is 0.964 bits per heavy atom. The van der Waals surface area contributed by atoms with Gasteiger partial charge in [0, 0.05) is 36.9 Å². The highest BCUT2D eigenvalue weighted by molar-refractivity contribution is 5.92. The number of nitrogens with one attached hydrogen (secondary N) is 3. The van der Waals surface area contributed by atoms with Crippen molar-refractivity contribution in [1.29, 1.82) is 0 Å². The minimum Gasteiger partial charge on any atom is -0.366 e. The number of amides is 3. The minimum absolute atomic E-state index is 0.163. The maximum Gasteiger partial charge on any atom is 0.315 e. The highest BCUT2D eigenvalue weighted by Crippen LogP contribution is 2.19. The maximum atomic E-state index is 12.1. The van der Waals surface area contributed by atoms with Crippen LogP contribution in [0.15, 0.2) is 48.7 Å². The van der Waals surface area contributed by atoms with E-state index in [9.17, 15) is 9.59 Å². The largest absolute Gasteiger partial charge is 0.366 e. The van der Waals surface area contributed by atoms with Gasteiger partial charge in [-0.05, 0) is 55.5 Å². The molecule has 2 aromatic rings. The topological polar surface area (TPSA) is 109 Å². The fourth-order valence-electron chi connectivity index (χ4n) is 3.40. The number of nitrogens with two attached hydrogens (primary N) is 1. The fourth-order valence-corrected chi connectivity index (χ4v) is 3.40. The standard InChI is InChI=1S/C21H27N5O2/c22-20(27)16-6-4-15(5-7-16)13-25-21(28)26-18-10-8-17(9-11-18)24-14-19-3-1-2-12-23-19/h1-7,12,17-18,24H,8-11,13-14H2,(H2,22,27)(H2,25,26,28). The lowest BCUT2D eigenvalue weighted by Gasteiger charge is -2.29. The third-order valence-electron chi connectivity index (χ3n) is 5.05. The third kappa shape index (κ3) is 6.06. The Morgan fingerprint density at radius 3 is 2.32 bits per heavy atom. The summed E-state index contributed by atoms with van der Waals surface area (Å²) in [4.78, 5) is 27.5. The van der Waals surface area contributed by atoms with E-state index in [0.717, 1.165) is 43.5 Å². The van der Waals surface area contributed by atoms with E-state index in [1.807, 2.05) is 24.4 Å². The second-order valence-electron chi connectivity index (χ2n) is 7.14. The summed E-state index contributed by atoms with van der Waals surface area (Å²) in [5.74, 6) is -0.456. The molecule has 0 bridgehead atoms. The van der Waals surface area contributed by atoms with E-state index in [2.05, 4.69) is 20.9 Å². The van der Waals surface area contributed by atoms with Crippen molar-refractivity contribution in [2.24, 2.45) is 5.73 Å². The summed E-state index contributed by atoms with van der Waals surface area (Å²) in [6.45, 7) is 1.19. The summed E-state index contributed by atoms with van der Waals surface area (Å²) in [6.07, 6.45) is 5.79. The number of urea groups is 1. The molecule has 28 heavy (non-hydrogen) atoms. The second-order valence-corrected chi connectivity index (χ2v) is 7.14. The van der Waals surface area contributed by atoms with Crippen LogP contribution < -0.4 is 21.7 Å². The molecule has 1 aromatic carbocycles. The summed E-state index contributed by atoms with van der Waals surface area (Å²) < 4.78 is 0. The molecule has 1 saturated carbocycles. The lowest BCUT2D eigenvalue weighted by Crippen LogP contribution is -2.45. The van der Waals surface area contributed by atoms with Crippen LogP contribution in [0, 0.1) is 0 Å². The van der Waals surface area contributed by atoms with E-state index < -0.39 is 5.91 Å². The fraction of sp³-hybridized carbons (Fsp3) is 0.381.